The molecule has 0 radical (unpaired) electrons. The van der Waals surface area contributed by atoms with E-state index in [0.717, 1.165) is 25.8 Å². The molecule has 152 valence electrons. The Bertz CT molecular complexity index is 771. The van der Waals surface area contributed by atoms with E-state index >= 15 is 0 Å². The molecule has 1 saturated carbocycles. The topological polar surface area (TPSA) is 87.3 Å². The molecule has 0 bridgehead atoms. The number of hydrogen-bond donors (Lipinski definition) is 3. The van der Waals surface area contributed by atoms with E-state index in [1.807, 2.05) is 13.8 Å². The van der Waals surface area contributed by atoms with E-state index in [4.69, 9.17) is 0 Å². The average molecular weight is 416 g/mol. The molecule has 1 aromatic rings. The summed E-state index contributed by atoms with van der Waals surface area (Å²) >= 11 is 0. The second-order valence-electron chi connectivity index (χ2n) is 7.64. The number of rotatable bonds is 6. The number of halogens is 1. The van der Waals surface area contributed by atoms with E-state index in [-0.39, 0.29) is 34.7 Å². The molecule has 1 saturated heterocycles. The van der Waals surface area contributed by atoms with Gasteiger partial charge in [0, 0.05) is 18.3 Å². The van der Waals surface area contributed by atoms with Gasteiger partial charge in [-0.2, -0.15) is 0 Å². The lowest BCUT2D eigenvalue weighted by atomic mass is 9.67. The predicted molar refractivity (Wildman–Crippen MR) is 110 cm³/mol. The number of anilines is 1. The van der Waals surface area contributed by atoms with Crippen LogP contribution in [-0.2, 0) is 14.8 Å². The number of sulfonamides is 1. The van der Waals surface area contributed by atoms with Gasteiger partial charge in [-0.05, 0) is 56.8 Å². The molecule has 27 heavy (non-hydrogen) atoms. The monoisotopic (exact) mass is 415 g/mol. The summed E-state index contributed by atoms with van der Waals surface area (Å²) in [7, 11) is -3.59. The molecule has 3 atom stereocenters. The van der Waals surface area contributed by atoms with Crippen molar-refractivity contribution < 1.29 is 13.2 Å². The van der Waals surface area contributed by atoms with Crippen LogP contribution in [-0.4, -0.2) is 33.5 Å². The van der Waals surface area contributed by atoms with Gasteiger partial charge in [0.25, 0.3) is 0 Å². The molecule has 3 N–H and O–H groups in total. The molecular weight excluding hydrogens is 386 g/mol. The molecule has 0 spiro atoms. The number of carbonyl (C=O) groups is 1. The molecule has 1 heterocycles. The Hall–Kier alpha value is -1.15. The van der Waals surface area contributed by atoms with Crippen LogP contribution < -0.4 is 15.4 Å². The summed E-state index contributed by atoms with van der Waals surface area (Å²) in [6.07, 6.45) is 4.93. The Labute approximate surface area is 168 Å². The van der Waals surface area contributed by atoms with E-state index in [0.29, 0.717) is 24.6 Å². The maximum atomic E-state index is 13.0. The van der Waals surface area contributed by atoms with Crippen LogP contribution in [0.25, 0.3) is 0 Å². The zero-order valence-corrected chi connectivity index (χ0v) is 17.6. The Morgan fingerprint density at radius 1 is 1.37 bits per heavy atom. The van der Waals surface area contributed by atoms with Crippen molar-refractivity contribution in [3.8, 4) is 0 Å². The molecule has 1 aliphatic heterocycles. The predicted octanol–water partition coefficient (Wildman–Crippen LogP) is 2.90. The van der Waals surface area contributed by atoms with Crippen molar-refractivity contribution >= 4 is 34.0 Å². The lowest BCUT2D eigenvalue weighted by Crippen LogP contribution is -2.44. The van der Waals surface area contributed by atoms with Gasteiger partial charge < -0.3 is 10.6 Å². The Morgan fingerprint density at radius 2 is 2.15 bits per heavy atom. The molecule has 1 aliphatic carbocycles. The van der Waals surface area contributed by atoms with Crippen molar-refractivity contribution in [2.75, 3.05) is 18.4 Å². The van der Waals surface area contributed by atoms with Crippen molar-refractivity contribution in [2.24, 2.45) is 11.3 Å². The highest BCUT2D eigenvalue weighted by molar-refractivity contribution is 7.89. The van der Waals surface area contributed by atoms with E-state index in [2.05, 4.69) is 15.4 Å². The SMILES string of the molecule is CCC(C)NS(=O)(=O)c1cccc(NC(=O)[C@@]23CCCC[C@H]2CNC3)c1.Cl. The van der Waals surface area contributed by atoms with Crippen LogP contribution in [0.2, 0.25) is 0 Å². The van der Waals surface area contributed by atoms with E-state index < -0.39 is 10.0 Å². The minimum atomic E-state index is -3.59. The highest BCUT2D eigenvalue weighted by Crippen LogP contribution is 2.44. The van der Waals surface area contributed by atoms with Crippen LogP contribution in [0.3, 0.4) is 0 Å². The van der Waals surface area contributed by atoms with Crippen molar-refractivity contribution in [1.29, 1.82) is 0 Å². The summed E-state index contributed by atoms with van der Waals surface area (Å²) in [5.41, 5.74) is 0.176. The van der Waals surface area contributed by atoms with Gasteiger partial charge in [0.05, 0.1) is 10.3 Å². The van der Waals surface area contributed by atoms with E-state index in [9.17, 15) is 13.2 Å². The molecule has 2 fully saturated rings. The molecule has 0 aromatic heterocycles. The first-order valence-corrected chi connectivity index (χ1v) is 11.0. The molecule has 8 heteroatoms. The van der Waals surface area contributed by atoms with Crippen LogP contribution >= 0.6 is 12.4 Å². The first-order chi connectivity index (χ1) is 12.4. The molecule has 6 nitrogen and oxygen atoms in total. The summed E-state index contributed by atoms with van der Waals surface area (Å²) in [6, 6.07) is 6.38. The van der Waals surface area contributed by atoms with Gasteiger partial charge in [0.2, 0.25) is 15.9 Å². The van der Waals surface area contributed by atoms with Crippen molar-refractivity contribution in [1.82, 2.24) is 10.0 Å². The number of fused-ring (bicyclic) bond motifs is 1. The lowest BCUT2D eigenvalue weighted by Gasteiger charge is -2.37. The van der Waals surface area contributed by atoms with Crippen LogP contribution in [0.4, 0.5) is 5.69 Å². The van der Waals surface area contributed by atoms with E-state index in [1.165, 1.54) is 6.42 Å². The summed E-state index contributed by atoms with van der Waals surface area (Å²) in [5.74, 6) is 0.381. The minimum absolute atomic E-state index is 0. The molecule has 1 unspecified atom stereocenters. The van der Waals surface area contributed by atoms with Crippen LogP contribution in [0, 0.1) is 11.3 Å². The first-order valence-electron chi connectivity index (χ1n) is 9.52. The quantitative estimate of drug-likeness (QED) is 0.666. The Kier molecular flexibility index (Phi) is 7.30. The zero-order valence-electron chi connectivity index (χ0n) is 16.0. The smallest absolute Gasteiger partial charge is 0.240 e. The Morgan fingerprint density at radius 3 is 2.89 bits per heavy atom. The normalized spacial score (nSPS) is 25.9. The molecule has 3 rings (SSSR count). The average Bonchev–Trinajstić information content (AvgIpc) is 3.07. The van der Waals surface area contributed by atoms with Crippen LogP contribution in [0.1, 0.15) is 46.0 Å². The van der Waals surface area contributed by atoms with Gasteiger partial charge >= 0.3 is 0 Å². The number of carbonyl (C=O) groups excluding carboxylic acids is 1. The van der Waals surface area contributed by atoms with Gasteiger partial charge in [0.1, 0.15) is 0 Å². The van der Waals surface area contributed by atoms with Gasteiger partial charge in [0.15, 0.2) is 0 Å². The number of nitrogens with one attached hydrogen (secondary N) is 3. The first kappa shape index (κ1) is 22.1. The second-order valence-corrected chi connectivity index (χ2v) is 9.36. The fourth-order valence-electron chi connectivity index (χ4n) is 4.10. The fraction of sp³-hybridized carbons (Fsp3) is 0.632. The number of amides is 1. The lowest BCUT2D eigenvalue weighted by molar-refractivity contribution is -0.128. The third kappa shape index (κ3) is 4.65. The van der Waals surface area contributed by atoms with Gasteiger partial charge in [-0.15, -0.1) is 12.4 Å². The summed E-state index contributed by atoms with van der Waals surface area (Å²) in [6.45, 7) is 5.36. The van der Waals surface area contributed by atoms with Crippen molar-refractivity contribution in [3.05, 3.63) is 24.3 Å². The zero-order chi connectivity index (χ0) is 18.8. The van der Waals surface area contributed by atoms with Crippen molar-refractivity contribution in [2.45, 2.75) is 56.9 Å². The standard InChI is InChI=1S/C19H29N3O3S.ClH/c1-3-14(2)22-26(24,25)17-9-6-8-16(11-17)21-18(23)19-10-5-4-7-15(19)12-20-13-19;/h6,8-9,11,14-15,20,22H,3-5,7,10,12-13H2,1-2H3,(H,21,23);1H/t14?,15-,19+;/m0./s1. The highest BCUT2D eigenvalue weighted by Gasteiger charge is 2.49. The highest BCUT2D eigenvalue weighted by atomic mass is 35.5. The maximum Gasteiger partial charge on any atom is 0.240 e. The second kappa shape index (κ2) is 8.90. The molecular formula is C19H30ClN3O3S. The van der Waals surface area contributed by atoms with Crippen LogP contribution in [0.15, 0.2) is 29.2 Å². The third-order valence-electron chi connectivity index (χ3n) is 5.86. The Balaban J connectivity index is 0.00000261. The largest absolute Gasteiger partial charge is 0.326 e. The molecule has 1 amide bonds. The van der Waals surface area contributed by atoms with Crippen molar-refractivity contribution in [3.63, 3.8) is 0 Å². The number of benzene rings is 1. The minimum Gasteiger partial charge on any atom is -0.326 e. The van der Waals surface area contributed by atoms with Gasteiger partial charge in [-0.1, -0.05) is 25.8 Å². The summed E-state index contributed by atoms with van der Waals surface area (Å²) in [4.78, 5) is 13.2. The molecule has 2 aliphatic rings. The molecule has 1 aromatic carbocycles. The van der Waals surface area contributed by atoms with Gasteiger partial charge in [-0.25, -0.2) is 13.1 Å². The fourth-order valence-corrected chi connectivity index (χ4v) is 5.48. The third-order valence-corrected chi connectivity index (χ3v) is 7.45. The van der Waals surface area contributed by atoms with Crippen LogP contribution in [0.5, 0.6) is 0 Å². The number of hydrogen-bond acceptors (Lipinski definition) is 4. The summed E-state index contributed by atoms with van der Waals surface area (Å²) in [5, 5.41) is 6.35. The van der Waals surface area contributed by atoms with Gasteiger partial charge in [-0.3, -0.25) is 4.79 Å². The van der Waals surface area contributed by atoms with E-state index in [1.54, 1.807) is 24.3 Å². The summed E-state index contributed by atoms with van der Waals surface area (Å²) < 4.78 is 27.6. The maximum absolute atomic E-state index is 13.0.